The van der Waals surface area contributed by atoms with Crippen LogP contribution in [0.3, 0.4) is 0 Å². The third-order valence-corrected chi connectivity index (χ3v) is 5.41. The van der Waals surface area contributed by atoms with Gasteiger partial charge in [0.25, 0.3) is 11.8 Å². The van der Waals surface area contributed by atoms with E-state index in [1.807, 2.05) is 13.8 Å². The Morgan fingerprint density at radius 2 is 1.42 bits per heavy atom. The van der Waals surface area contributed by atoms with E-state index >= 15 is 0 Å². The van der Waals surface area contributed by atoms with Crippen molar-refractivity contribution in [3.05, 3.63) is 68.0 Å². The lowest BCUT2D eigenvalue weighted by atomic mass is 10.1. The molecule has 0 N–H and O–H groups in total. The highest BCUT2D eigenvalue weighted by atomic mass is 35.5. The van der Waals surface area contributed by atoms with Crippen LogP contribution in [0.2, 0.25) is 15.1 Å². The van der Waals surface area contributed by atoms with Gasteiger partial charge in [0.05, 0.1) is 16.2 Å². The summed E-state index contributed by atoms with van der Waals surface area (Å²) < 4.78 is 0. The summed E-state index contributed by atoms with van der Waals surface area (Å²) >= 11 is 19.4. The van der Waals surface area contributed by atoms with Gasteiger partial charge in [-0.05, 0) is 35.9 Å². The zero-order valence-electron chi connectivity index (χ0n) is 13.9. The summed E-state index contributed by atoms with van der Waals surface area (Å²) in [6, 6.07) is 11.5. The van der Waals surface area contributed by atoms with Crippen molar-refractivity contribution in [3.63, 3.8) is 0 Å². The molecule has 0 spiro atoms. The molecule has 3 rings (SSSR count). The van der Waals surface area contributed by atoms with Crippen LogP contribution in [0.25, 0.3) is 5.57 Å². The molecule has 0 saturated carbocycles. The number of carbonyl (C=O) groups is 2. The minimum absolute atomic E-state index is 0.131. The van der Waals surface area contributed by atoms with Crippen molar-refractivity contribution in [1.82, 2.24) is 0 Å². The van der Waals surface area contributed by atoms with Gasteiger partial charge in [-0.3, -0.25) is 9.59 Å². The summed E-state index contributed by atoms with van der Waals surface area (Å²) in [4.78, 5) is 27.7. The van der Waals surface area contributed by atoms with Crippen LogP contribution in [0.4, 0.5) is 5.69 Å². The molecule has 2 aromatic carbocycles. The summed E-state index contributed by atoms with van der Waals surface area (Å²) in [5.41, 5.74) is 1.36. The van der Waals surface area contributed by atoms with Crippen LogP contribution in [0.1, 0.15) is 19.4 Å². The van der Waals surface area contributed by atoms with Crippen LogP contribution in [-0.2, 0) is 9.59 Å². The number of rotatable bonds is 4. The molecule has 0 saturated heterocycles. The van der Waals surface area contributed by atoms with Gasteiger partial charge in [0.15, 0.2) is 0 Å². The van der Waals surface area contributed by atoms with Crippen LogP contribution in [0, 0.1) is 0 Å². The summed E-state index contributed by atoms with van der Waals surface area (Å²) in [5.74, 6) is -0.782. The van der Waals surface area contributed by atoms with Crippen LogP contribution in [0.5, 0.6) is 0 Å². The lowest BCUT2D eigenvalue weighted by Crippen LogP contribution is -2.31. The van der Waals surface area contributed by atoms with E-state index < -0.39 is 5.91 Å². The molecule has 0 aliphatic carbocycles. The molecule has 26 heavy (non-hydrogen) atoms. The molecule has 0 aromatic heterocycles. The second kappa shape index (κ2) is 7.65. The van der Waals surface area contributed by atoms with Gasteiger partial charge < -0.3 is 0 Å². The fourth-order valence-electron chi connectivity index (χ4n) is 2.63. The minimum atomic E-state index is -0.404. The average molecular weight is 427 g/mol. The van der Waals surface area contributed by atoms with E-state index in [2.05, 4.69) is 0 Å². The van der Waals surface area contributed by atoms with Gasteiger partial charge in [-0.25, -0.2) is 4.90 Å². The fraction of sp³-hybridized carbons (Fsp3) is 0.158. The molecule has 7 heteroatoms. The number of thioether (sulfide) groups is 1. The first-order valence-corrected chi connectivity index (χ1v) is 9.81. The highest BCUT2D eigenvalue weighted by molar-refractivity contribution is 8.04. The number of hydrogen-bond donors (Lipinski definition) is 0. The maximum Gasteiger partial charge on any atom is 0.272 e. The molecular formula is C19H14Cl3NO2S. The largest absolute Gasteiger partial charge is 0.272 e. The quantitative estimate of drug-likeness (QED) is 0.557. The third kappa shape index (κ3) is 3.79. The smallest absolute Gasteiger partial charge is 0.268 e. The molecule has 3 nitrogen and oxygen atoms in total. The summed E-state index contributed by atoms with van der Waals surface area (Å²) in [7, 11) is 0. The highest BCUT2D eigenvalue weighted by Gasteiger charge is 2.40. The number of amides is 2. The van der Waals surface area contributed by atoms with E-state index in [1.54, 1.807) is 42.5 Å². The molecule has 0 unspecified atom stereocenters. The molecule has 0 radical (unpaired) electrons. The van der Waals surface area contributed by atoms with Crippen molar-refractivity contribution in [3.8, 4) is 0 Å². The second-order valence-corrected chi connectivity index (χ2v) is 8.85. The van der Waals surface area contributed by atoms with E-state index in [4.69, 9.17) is 34.8 Å². The second-order valence-electron chi connectivity index (χ2n) is 5.95. The monoisotopic (exact) mass is 425 g/mol. The number of nitrogens with zero attached hydrogens (tertiary/aromatic N) is 1. The molecule has 1 heterocycles. The Morgan fingerprint density at radius 1 is 0.846 bits per heavy atom. The maximum atomic E-state index is 13.1. The Bertz CT molecular complexity index is 903. The molecule has 0 fully saturated rings. The zero-order valence-corrected chi connectivity index (χ0v) is 17.0. The number of hydrogen-bond acceptors (Lipinski definition) is 3. The van der Waals surface area contributed by atoms with Crippen molar-refractivity contribution >= 4 is 69.6 Å². The van der Waals surface area contributed by atoms with Gasteiger partial charge in [-0.2, -0.15) is 0 Å². The van der Waals surface area contributed by atoms with E-state index in [1.165, 1.54) is 11.8 Å². The molecular weight excluding hydrogens is 413 g/mol. The molecule has 2 amide bonds. The highest BCUT2D eigenvalue weighted by Crippen LogP contribution is 2.41. The number of carbonyl (C=O) groups excluding carboxylic acids is 2. The van der Waals surface area contributed by atoms with Gasteiger partial charge in [-0.1, -0.05) is 60.8 Å². The van der Waals surface area contributed by atoms with Crippen molar-refractivity contribution in [2.75, 3.05) is 4.90 Å². The first-order chi connectivity index (χ1) is 12.3. The standard InChI is InChI=1S/C19H14Cl3NO2S/c1-10(2)26-17-16(11-3-5-12(20)6-4-11)18(24)23(19(17)25)15-8-13(21)7-14(22)9-15/h3-10H,1-2H3. The summed E-state index contributed by atoms with van der Waals surface area (Å²) in [6.07, 6.45) is 0. The SMILES string of the molecule is CC(C)SC1=C(c2ccc(Cl)cc2)C(=O)N(c2cc(Cl)cc(Cl)c2)C1=O. The lowest BCUT2D eigenvalue weighted by Gasteiger charge is -2.16. The average Bonchev–Trinajstić information content (AvgIpc) is 2.77. The molecule has 1 aliphatic heterocycles. The van der Waals surface area contributed by atoms with E-state index in [9.17, 15) is 9.59 Å². The Kier molecular flexibility index (Phi) is 5.68. The predicted octanol–water partition coefficient (Wildman–Crippen LogP) is 6.07. The van der Waals surface area contributed by atoms with Crippen LogP contribution < -0.4 is 4.90 Å². The van der Waals surface area contributed by atoms with Crippen molar-refractivity contribution in [2.45, 2.75) is 19.1 Å². The predicted molar refractivity (Wildman–Crippen MR) is 110 cm³/mol. The van der Waals surface area contributed by atoms with Crippen molar-refractivity contribution < 1.29 is 9.59 Å². The van der Waals surface area contributed by atoms with Gasteiger partial charge >= 0.3 is 0 Å². The number of imide groups is 1. The Labute approximate surface area is 170 Å². The number of halogens is 3. The van der Waals surface area contributed by atoms with Gasteiger partial charge in [-0.15, -0.1) is 11.8 Å². The van der Waals surface area contributed by atoms with E-state index in [0.717, 1.165) is 4.90 Å². The minimum Gasteiger partial charge on any atom is -0.268 e. The Balaban J connectivity index is 2.12. The first-order valence-electron chi connectivity index (χ1n) is 7.79. The van der Waals surface area contributed by atoms with Crippen LogP contribution in [0.15, 0.2) is 47.4 Å². The van der Waals surface area contributed by atoms with Crippen molar-refractivity contribution in [1.29, 1.82) is 0 Å². The molecule has 0 atom stereocenters. The topological polar surface area (TPSA) is 37.4 Å². The van der Waals surface area contributed by atoms with Crippen molar-refractivity contribution in [2.24, 2.45) is 0 Å². The molecule has 1 aliphatic rings. The number of anilines is 1. The molecule has 134 valence electrons. The third-order valence-electron chi connectivity index (χ3n) is 3.63. The summed E-state index contributed by atoms with van der Waals surface area (Å²) in [5, 5.41) is 1.40. The number of benzene rings is 2. The van der Waals surface area contributed by atoms with Gasteiger partial charge in [0.2, 0.25) is 0 Å². The summed E-state index contributed by atoms with van der Waals surface area (Å²) in [6.45, 7) is 3.93. The zero-order chi connectivity index (χ0) is 19.0. The molecule has 0 bridgehead atoms. The van der Waals surface area contributed by atoms with Crippen LogP contribution >= 0.6 is 46.6 Å². The lowest BCUT2D eigenvalue weighted by molar-refractivity contribution is -0.119. The normalized spacial score (nSPS) is 14.8. The maximum absolute atomic E-state index is 13.1. The molecule has 2 aromatic rings. The van der Waals surface area contributed by atoms with Gasteiger partial charge in [0.1, 0.15) is 0 Å². The van der Waals surface area contributed by atoms with Gasteiger partial charge in [0, 0.05) is 20.3 Å². The Morgan fingerprint density at radius 3 is 1.96 bits per heavy atom. The first kappa shape index (κ1) is 19.3. The van der Waals surface area contributed by atoms with E-state index in [0.29, 0.717) is 36.8 Å². The Hall–Kier alpha value is -1.46. The fourth-order valence-corrected chi connectivity index (χ4v) is 4.26. The van der Waals surface area contributed by atoms with Crippen LogP contribution in [-0.4, -0.2) is 17.1 Å². The van der Waals surface area contributed by atoms with E-state index in [-0.39, 0.29) is 11.2 Å².